The van der Waals surface area contributed by atoms with E-state index in [0.29, 0.717) is 5.02 Å². The Morgan fingerprint density at radius 1 is 1.38 bits per heavy atom. The first-order valence-corrected chi connectivity index (χ1v) is 7.14. The summed E-state index contributed by atoms with van der Waals surface area (Å²) in [7, 11) is 1.44. The highest BCUT2D eigenvalue weighted by Gasteiger charge is 2.51. The molecule has 1 aromatic rings. The van der Waals surface area contributed by atoms with Gasteiger partial charge in [-0.1, -0.05) is 23.7 Å². The molecule has 0 saturated heterocycles. The number of hydrogen-bond donors (Lipinski definition) is 2. The highest BCUT2D eigenvalue weighted by atomic mass is 35.5. The van der Waals surface area contributed by atoms with Gasteiger partial charge in [0, 0.05) is 18.7 Å². The quantitative estimate of drug-likeness (QED) is 0.807. The number of ether oxygens (including phenoxy) is 1. The van der Waals surface area contributed by atoms with Crippen LogP contribution in [0.1, 0.15) is 24.8 Å². The largest absolute Gasteiger partial charge is 0.481 e. The Balaban J connectivity index is 1.96. The zero-order chi connectivity index (χ0) is 15.5. The molecule has 0 bridgehead atoms. The number of methoxy groups -OCH3 is 1. The maximum atomic E-state index is 12.4. The molecule has 0 spiro atoms. The third kappa shape index (κ3) is 3.74. The Kier molecular flexibility index (Phi) is 4.85. The normalized spacial score (nSPS) is 17.0. The molecule has 0 radical (unpaired) electrons. The third-order valence-corrected chi connectivity index (χ3v) is 4.06. The number of benzene rings is 1. The number of rotatable bonds is 7. The summed E-state index contributed by atoms with van der Waals surface area (Å²) in [6, 6.07) is 7.26. The van der Waals surface area contributed by atoms with Gasteiger partial charge in [0.1, 0.15) is 0 Å². The molecule has 1 amide bonds. The van der Waals surface area contributed by atoms with Gasteiger partial charge in [-0.25, -0.2) is 0 Å². The van der Waals surface area contributed by atoms with E-state index in [1.54, 1.807) is 12.1 Å². The first kappa shape index (κ1) is 15.8. The average molecular weight is 312 g/mol. The van der Waals surface area contributed by atoms with Crippen LogP contribution in [0.25, 0.3) is 0 Å². The molecule has 0 heterocycles. The molecule has 21 heavy (non-hydrogen) atoms. The van der Waals surface area contributed by atoms with E-state index in [-0.39, 0.29) is 18.9 Å². The Morgan fingerprint density at radius 3 is 2.48 bits per heavy atom. The van der Waals surface area contributed by atoms with Gasteiger partial charge in [-0.3, -0.25) is 9.59 Å². The Hall–Kier alpha value is -1.59. The first-order valence-electron chi connectivity index (χ1n) is 6.77. The van der Waals surface area contributed by atoms with E-state index >= 15 is 0 Å². The molecule has 5 nitrogen and oxygen atoms in total. The van der Waals surface area contributed by atoms with Gasteiger partial charge < -0.3 is 15.2 Å². The van der Waals surface area contributed by atoms with E-state index in [9.17, 15) is 9.59 Å². The zero-order valence-electron chi connectivity index (χ0n) is 11.8. The van der Waals surface area contributed by atoms with Crippen LogP contribution in [0.15, 0.2) is 24.3 Å². The number of aliphatic carboxylic acids is 1. The van der Waals surface area contributed by atoms with E-state index in [4.69, 9.17) is 21.4 Å². The maximum Gasteiger partial charge on any atom is 0.306 e. The minimum absolute atomic E-state index is 0.0859. The minimum Gasteiger partial charge on any atom is -0.481 e. The highest BCUT2D eigenvalue weighted by molar-refractivity contribution is 6.30. The van der Waals surface area contributed by atoms with E-state index in [1.807, 2.05) is 12.1 Å². The van der Waals surface area contributed by atoms with E-state index in [2.05, 4.69) is 5.32 Å². The van der Waals surface area contributed by atoms with Crippen molar-refractivity contribution in [3.63, 3.8) is 0 Å². The molecule has 0 aliphatic heterocycles. The molecule has 1 aliphatic carbocycles. The molecule has 2 rings (SSSR count). The maximum absolute atomic E-state index is 12.4. The van der Waals surface area contributed by atoms with Crippen molar-refractivity contribution in [3.8, 4) is 0 Å². The number of carboxylic acids is 1. The predicted octanol–water partition coefficient (Wildman–Crippen LogP) is 1.98. The van der Waals surface area contributed by atoms with Crippen LogP contribution in [0.2, 0.25) is 5.02 Å². The monoisotopic (exact) mass is 311 g/mol. The smallest absolute Gasteiger partial charge is 0.306 e. The van der Waals surface area contributed by atoms with Crippen molar-refractivity contribution in [3.05, 3.63) is 34.9 Å². The number of carbonyl (C=O) groups excluding carboxylic acids is 1. The second-order valence-electron chi connectivity index (χ2n) is 5.25. The van der Waals surface area contributed by atoms with Gasteiger partial charge in [-0.2, -0.15) is 0 Å². The van der Waals surface area contributed by atoms with Crippen molar-refractivity contribution >= 4 is 23.5 Å². The fourth-order valence-corrected chi connectivity index (χ4v) is 2.48. The molecule has 114 valence electrons. The summed E-state index contributed by atoms with van der Waals surface area (Å²) in [6.07, 6.45) is 0.922. The summed E-state index contributed by atoms with van der Waals surface area (Å²) in [4.78, 5) is 23.0. The Bertz CT molecular complexity index is 525. The Morgan fingerprint density at radius 2 is 2.00 bits per heavy atom. The molecule has 0 aromatic heterocycles. The summed E-state index contributed by atoms with van der Waals surface area (Å²) in [6.45, 7) is 0.191. The average Bonchev–Trinajstić information content (AvgIpc) is 3.25. The molecule has 1 aliphatic rings. The van der Waals surface area contributed by atoms with Crippen molar-refractivity contribution in [1.82, 2.24) is 5.32 Å². The fourth-order valence-electron chi connectivity index (χ4n) is 2.35. The zero-order valence-corrected chi connectivity index (χ0v) is 12.5. The summed E-state index contributed by atoms with van der Waals surface area (Å²) in [5, 5.41) is 12.2. The van der Waals surface area contributed by atoms with Crippen LogP contribution in [-0.4, -0.2) is 36.7 Å². The number of carbonyl (C=O) groups is 2. The minimum atomic E-state index is -0.949. The molecule has 1 saturated carbocycles. The number of amides is 1. The second kappa shape index (κ2) is 6.45. The SMILES string of the molecule is COC(CNC(=O)C1(c2ccc(Cl)cc2)CC1)CC(=O)O. The van der Waals surface area contributed by atoms with Gasteiger partial charge in [0.05, 0.1) is 17.9 Å². The van der Waals surface area contributed by atoms with Gasteiger partial charge in [0.15, 0.2) is 0 Å². The van der Waals surface area contributed by atoms with Crippen molar-refractivity contribution in [1.29, 1.82) is 0 Å². The van der Waals surface area contributed by atoms with Crippen molar-refractivity contribution < 1.29 is 19.4 Å². The van der Waals surface area contributed by atoms with Crippen LogP contribution >= 0.6 is 11.6 Å². The summed E-state index contributed by atoms with van der Waals surface area (Å²) < 4.78 is 5.05. The van der Waals surface area contributed by atoms with Gasteiger partial charge in [-0.15, -0.1) is 0 Å². The lowest BCUT2D eigenvalue weighted by Crippen LogP contribution is -2.40. The van der Waals surface area contributed by atoms with Crippen LogP contribution in [0, 0.1) is 0 Å². The topological polar surface area (TPSA) is 75.6 Å². The lowest BCUT2D eigenvalue weighted by molar-refractivity contribution is -0.140. The van der Waals surface area contributed by atoms with Crippen LogP contribution in [0.5, 0.6) is 0 Å². The van der Waals surface area contributed by atoms with Crippen molar-refractivity contribution in [2.45, 2.75) is 30.8 Å². The third-order valence-electron chi connectivity index (χ3n) is 3.81. The second-order valence-corrected chi connectivity index (χ2v) is 5.69. The molecular formula is C15H18ClNO4. The highest BCUT2D eigenvalue weighted by Crippen LogP contribution is 2.48. The fraction of sp³-hybridized carbons (Fsp3) is 0.467. The summed E-state index contributed by atoms with van der Waals surface area (Å²) >= 11 is 5.86. The molecule has 1 atom stereocenters. The van der Waals surface area contributed by atoms with Crippen LogP contribution in [0.3, 0.4) is 0 Å². The Labute approximate surface area is 128 Å². The standard InChI is InChI=1S/C15H18ClNO4/c1-21-12(8-13(18)19)9-17-14(20)15(6-7-15)10-2-4-11(16)5-3-10/h2-5,12H,6-9H2,1H3,(H,17,20)(H,18,19). The summed E-state index contributed by atoms with van der Waals surface area (Å²) in [5.74, 6) is -1.04. The lowest BCUT2D eigenvalue weighted by atomic mass is 9.95. The van der Waals surface area contributed by atoms with Gasteiger partial charge in [0.25, 0.3) is 0 Å². The molecule has 6 heteroatoms. The molecule has 1 fully saturated rings. The molecule has 1 aromatic carbocycles. The molecular weight excluding hydrogens is 294 g/mol. The van der Waals surface area contributed by atoms with Gasteiger partial charge in [0.2, 0.25) is 5.91 Å². The van der Waals surface area contributed by atoms with Gasteiger partial charge >= 0.3 is 5.97 Å². The van der Waals surface area contributed by atoms with E-state index in [0.717, 1.165) is 18.4 Å². The summed E-state index contributed by atoms with van der Waals surface area (Å²) in [5.41, 5.74) is 0.447. The van der Waals surface area contributed by atoms with Crippen molar-refractivity contribution in [2.75, 3.05) is 13.7 Å². The van der Waals surface area contributed by atoms with Crippen LogP contribution in [0.4, 0.5) is 0 Å². The number of carboxylic acid groups (broad SMARTS) is 1. The van der Waals surface area contributed by atoms with Gasteiger partial charge in [-0.05, 0) is 30.5 Å². The van der Waals surface area contributed by atoms with E-state index in [1.165, 1.54) is 7.11 Å². The number of halogens is 1. The van der Waals surface area contributed by atoms with Crippen LogP contribution < -0.4 is 5.32 Å². The molecule has 1 unspecified atom stereocenters. The van der Waals surface area contributed by atoms with Crippen molar-refractivity contribution in [2.24, 2.45) is 0 Å². The predicted molar refractivity (Wildman–Crippen MR) is 78.4 cm³/mol. The first-order chi connectivity index (χ1) is 9.98. The number of nitrogens with one attached hydrogen (secondary N) is 1. The molecule has 2 N–H and O–H groups in total. The number of hydrogen-bond acceptors (Lipinski definition) is 3. The van der Waals surface area contributed by atoms with E-state index < -0.39 is 17.5 Å². The lowest BCUT2D eigenvalue weighted by Gasteiger charge is -2.19. The van der Waals surface area contributed by atoms with Crippen LogP contribution in [-0.2, 0) is 19.7 Å².